The van der Waals surface area contributed by atoms with Crippen LogP contribution in [0.3, 0.4) is 0 Å². The summed E-state index contributed by atoms with van der Waals surface area (Å²) in [7, 11) is -2.28. The van der Waals surface area contributed by atoms with E-state index in [-0.39, 0.29) is 27.2 Å². The summed E-state index contributed by atoms with van der Waals surface area (Å²) in [5.74, 6) is -0.540. The number of sulfonamides is 1. The zero-order valence-electron chi connectivity index (χ0n) is 17.4. The first-order valence-corrected chi connectivity index (χ1v) is 11.7. The van der Waals surface area contributed by atoms with E-state index in [1.54, 1.807) is 0 Å². The molecule has 1 unspecified atom stereocenters. The molecular weight excluding hydrogens is 467 g/mol. The number of alkyl halides is 3. The van der Waals surface area contributed by atoms with Gasteiger partial charge >= 0.3 is 6.18 Å². The molecule has 2 aromatic carbocycles. The highest BCUT2D eigenvalue weighted by Crippen LogP contribution is 2.31. The number of rotatable bonds is 8. The predicted molar refractivity (Wildman–Crippen MR) is 116 cm³/mol. The van der Waals surface area contributed by atoms with Gasteiger partial charge in [-0.25, -0.2) is 8.42 Å². The van der Waals surface area contributed by atoms with Crippen molar-refractivity contribution in [3.8, 4) is 0 Å². The molecule has 11 heteroatoms. The van der Waals surface area contributed by atoms with Crippen LogP contribution in [0, 0.1) is 0 Å². The molecular formula is C21H23ClF3N3O3S. The molecule has 1 saturated carbocycles. The number of nitrogens with one attached hydrogen (secondary N) is 2. The molecule has 2 aromatic rings. The lowest BCUT2D eigenvalue weighted by Crippen LogP contribution is -2.41. The molecule has 0 bridgehead atoms. The lowest BCUT2D eigenvalue weighted by molar-refractivity contribution is -0.137. The van der Waals surface area contributed by atoms with Gasteiger partial charge in [0.25, 0.3) is 15.9 Å². The third kappa shape index (κ3) is 5.93. The first-order chi connectivity index (χ1) is 14.9. The van der Waals surface area contributed by atoms with Crippen molar-refractivity contribution in [2.24, 2.45) is 0 Å². The van der Waals surface area contributed by atoms with E-state index in [9.17, 15) is 26.4 Å². The van der Waals surface area contributed by atoms with Gasteiger partial charge in [0, 0.05) is 24.3 Å². The third-order valence-electron chi connectivity index (χ3n) is 5.31. The topological polar surface area (TPSA) is 78.5 Å². The summed E-state index contributed by atoms with van der Waals surface area (Å²) in [6.07, 6.45) is -2.36. The summed E-state index contributed by atoms with van der Waals surface area (Å²) >= 11 is 6.10. The Morgan fingerprint density at radius 1 is 1.22 bits per heavy atom. The van der Waals surface area contributed by atoms with Gasteiger partial charge in [0.05, 0.1) is 21.0 Å². The van der Waals surface area contributed by atoms with E-state index in [1.807, 2.05) is 14.0 Å². The summed E-state index contributed by atoms with van der Waals surface area (Å²) in [6.45, 7) is 2.32. The molecule has 174 valence electrons. The average Bonchev–Trinajstić information content (AvgIpc) is 3.56. The van der Waals surface area contributed by atoms with Crippen molar-refractivity contribution < 1.29 is 26.4 Å². The second-order valence-corrected chi connectivity index (χ2v) is 9.87. The van der Waals surface area contributed by atoms with Crippen LogP contribution in [0.1, 0.15) is 35.7 Å². The van der Waals surface area contributed by atoms with E-state index in [0.717, 1.165) is 31.0 Å². The van der Waals surface area contributed by atoms with Crippen molar-refractivity contribution in [2.75, 3.05) is 18.3 Å². The van der Waals surface area contributed by atoms with Gasteiger partial charge in [0.15, 0.2) is 0 Å². The second kappa shape index (κ2) is 9.29. The van der Waals surface area contributed by atoms with Gasteiger partial charge in [0.1, 0.15) is 0 Å². The van der Waals surface area contributed by atoms with Crippen LogP contribution in [0.5, 0.6) is 0 Å². The van der Waals surface area contributed by atoms with Crippen LogP contribution in [-0.2, 0) is 16.2 Å². The van der Waals surface area contributed by atoms with Crippen LogP contribution in [0.15, 0.2) is 47.4 Å². The molecule has 0 aromatic heterocycles. The van der Waals surface area contributed by atoms with Gasteiger partial charge < -0.3 is 5.32 Å². The number of hydrogen-bond donors (Lipinski definition) is 2. The van der Waals surface area contributed by atoms with Crippen LogP contribution in [0.4, 0.5) is 18.9 Å². The Labute approximate surface area is 189 Å². The molecule has 1 fully saturated rings. The molecule has 0 spiro atoms. The zero-order chi connectivity index (χ0) is 23.7. The molecule has 32 heavy (non-hydrogen) atoms. The molecule has 0 saturated heterocycles. The van der Waals surface area contributed by atoms with Gasteiger partial charge in [-0.1, -0.05) is 17.7 Å². The molecule has 1 amide bonds. The average molecular weight is 490 g/mol. The number of nitrogens with zero attached hydrogens (tertiary/aromatic N) is 1. The smallest absolute Gasteiger partial charge is 0.350 e. The molecule has 3 rings (SSSR count). The van der Waals surface area contributed by atoms with Crippen molar-refractivity contribution >= 4 is 33.2 Å². The number of benzene rings is 2. The maximum atomic E-state index is 12.9. The van der Waals surface area contributed by atoms with Crippen molar-refractivity contribution in [1.29, 1.82) is 0 Å². The van der Waals surface area contributed by atoms with E-state index in [2.05, 4.69) is 14.9 Å². The maximum absolute atomic E-state index is 12.9. The predicted octanol–water partition coefficient (Wildman–Crippen LogP) is 4.37. The highest BCUT2D eigenvalue weighted by atomic mass is 35.5. The van der Waals surface area contributed by atoms with Crippen molar-refractivity contribution in [3.63, 3.8) is 0 Å². The van der Waals surface area contributed by atoms with Crippen LogP contribution in [0.25, 0.3) is 0 Å². The van der Waals surface area contributed by atoms with Gasteiger partial charge in [-0.3, -0.25) is 14.4 Å². The summed E-state index contributed by atoms with van der Waals surface area (Å²) in [4.78, 5) is 14.5. The number of likely N-dealkylation sites (N-methyl/N-ethyl adjacent to an activating group) is 1. The minimum atomic E-state index is -4.61. The number of halogens is 4. The quantitative estimate of drug-likeness (QED) is 0.577. The van der Waals surface area contributed by atoms with E-state index in [1.165, 1.54) is 18.2 Å². The lowest BCUT2D eigenvalue weighted by atomic mass is 10.2. The van der Waals surface area contributed by atoms with Crippen LogP contribution < -0.4 is 10.0 Å². The molecule has 0 heterocycles. The molecule has 1 atom stereocenters. The van der Waals surface area contributed by atoms with Crippen LogP contribution >= 0.6 is 11.6 Å². The van der Waals surface area contributed by atoms with Gasteiger partial charge in [-0.15, -0.1) is 0 Å². The number of hydrogen-bond acceptors (Lipinski definition) is 4. The summed E-state index contributed by atoms with van der Waals surface area (Å²) < 4.78 is 66.2. The lowest BCUT2D eigenvalue weighted by Gasteiger charge is -2.24. The number of anilines is 1. The van der Waals surface area contributed by atoms with E-state index >= 15 is 0 Å². The molecule has 2 N–H and O–H groups in total. The third-order valence-corrected chi connectivity index (χ3v) is 7.02. The van der Waals surface area contributed by atoms with Crippen molar-refractivity contribution in [2.45, 2.75) is 42.9 Å². The Bertz CT molecular complexity index is 1100. The molecule has 0 radical (unpaired) electrons. The second-order valence-electron chi connectivity index (χ2n) is 7.78. The van der Waals surface area contributed by atoms with E-state index in [4.69, 9.17) is 11.6 Å². The molecule has 1 aliphatic carbocycles. The molecule has 0 aliphatic heterocycles. The molecule has 1 aliphatic rings. The SMILES string of the molecule is CC(CNC(=O)c1cc(S(=O)(=O)Nc2cccc(C(F)(F)F)c2)ccc1Cl)N(C)C1CC1. The van der Waals surface area contributed by atoms with Crippen molar-refractivity contribution in [3.05, 3.63) is 58.6 Å². The van der Waals surface area contributed by atoms with Crippen LogP contribution in [-0.4, -0.2) is 44.9 Å². The Morgan fingerprint density at radius 3 is 2.53 bits per heavy atom. The highest BCUT2D eigenvalue weighted by molar-refractivity contribution is 7.92. The van der Waals surface area contributed by atoms with Gasteiger partial charge in [-0.2, -0.15) is 13.2 Å². The number of carbonyl (C=O) groups excluding carboxylic acids is 1. The van der Waals surface area contributed by atoms with Gasteiger partial charge in [-0.05, 0) is 63.2 Å². The summed E-state index contributed by atoms with van der Waals surface area (Å²) in [5.41, 5.74) is -1.28. The minimum absolute atomic E-state index is 0.0418. The zero-order valence-corrected chi connectivity index (χ0v) is 19.0. The fourth-order valence-corrected chi connectivity index (χ4v) is 4.42. The fraction of sp³-hybridized carbons (Fsp3) is 0.381. The Balaban J connectivity index is 1.75. The Hall–Kier alpha value is -2.30. The normalized spacial score (nSPS) is 15.5. The Morgan fingerprint density at radius 2 is 1.91 bits per heavy atom. The first-order valence-electron chi connectivity index (χ1n) is 9.88. The van der Waals surface area contributed by atoms with Crippen LogP contribution in [0.2, 0.25) is 5.02 Å². The standard InChI is InChI=1S/C21H23ClF3N3O3S/c1-13(28(2)16-6-7-16)12-26-20(29)18-11-17(8-9-19(18)22)32(30,31)27-15-5-3-4-14(10-15)21(23,24)25/h3-5,8-11,13,16,27H,6-7,12H2,1-2H3,(H,26,29). The molecule has 6 nitrogen and oxygen atoms in total. The van der Waals surface area contributed by atoms with Crippen molar-refractivity contribution in [1.82, 2.24) is 10.2 Å². The van der Waals surface area contributed by atoms with E-state index in [0.29, 0.717) is 18.7 Å². The first kappa shape index (κ1) is 24.3. The van der Waals surface area contributed by atoms with Gasteiger partial charge in [0.2, 0.25) is 0 Å². The number of carbonyl (C=O) groups is 1. The Kier molecular flexibility index (Phi) is 7.06. The van der Waals surface area contributed by atoms with E-state index < -0.39 is 27.7 Å². The summed E-state index contributed by atoms with van der Waals surface area (Å²) in [6, 6.07) is 7.97. The monoisotopic (exact) mass is 489 g/mol. The largest absolute Gasteiger partial charge is 0.416 e. The number of amides is 1. The fourth-order valence-electron chi connectivity index (χ4n) is 3.14. The summed E-state index contributed by atoms with van der Waals surface area (Å²) in [5, 5.41) is 2.81. The highest BCUT2D eigenvalue weighted by Gasteiger charge is 2.31. The minimum Gasteiger partial charge on any atom is -0.350 e. The maximum Gasteiger partial charge on any atom is 0.416 e.